The van der Waals surface area contributed by atoms with Crippen molar-refractivity contribution in [3.05, 3.63) is 71.9 Å². The molecule has 226 valence electrons. The van der Waals surface area contributed by atoms with E-state index in [1.165, 1.54) is 6.07 Å². The number of imide groups is 1. The lowest BCUT2D eigenvalue weighted by molar-refractivity contribution is -0.125. The van der Waals surface area contributed by atoms with Crippen molar-refractivity contribution >= 4 is 40.8 Å². The molecule has 13 heteroatoms. The van der Waals surface area contributed by atoms with Gasteiger partial charge in [-0.2, -0.15) is 0 Å². The lowest BCUT2D eigenvalue weighted by atomic mass is 10.0. The van der Waals surface area contributed by atoms with Crippen molar-refractivity contribution < 1.29 is 24.3 Å². The van der Waals surface area contributed by atoms with Crippen LogP contribution in [0.2, 0.25) is 0 Å². The quantitative estimate of drug-likeness (QED) is 0.295. The van der Waals surface area contributed by atoms with E-state index in [1.54, 1.807) is 30.3 Å². The van der Waals surface area contributed by atoms with Crippen LogP contribution >= 0.6 is 0 Å². The van der Waals surface area contributed by atoms with Gasteiger partial charge in [0.25, 0.3) is 11.8 Å². The van der Waals surface area contributed by atoms with Gasteiger partial charge in [-0.05, 0) is 43.2 Å². The van der Waals surface area contributed by atoms with E-state index in [0.717, 1.165) is 10.6 Å². The van der Waals surface area contributed by atoms with Crippen LogP contribution in [0.25, 0.3) is 11.3 Å². The first-order valence-corrected chi connectivity index (χ1v) is 14.4. The minimum Gasteiger partial charge on any atom is -0.507 e. The third-order valence-electron chi connectivity index (χ3n) is 8.20. The summed E-state index contributed by atoms with van der Waals surface area (Å²) in [5.41, 5.74) is 9.04. The molecule has 44 heavy (non-hydrogen) atoms. The highest BCUT2D eigenvalue weighted by Gasteiger charge is 2.45. The van der Waals surface area contributed by atoms with Crippen LogP contribution in [0.3, 0.4) is 0 Å². The molecule has 4 heterocycles. The Bertz CT molecular complexity index is 1680. The second-order valence-electron chi connectivity index (χ2n) is 11.0. The van der Waals surface area contributed by atoms with Crippen molar-refractivity contribution in [2.75, 3.05) is 48.7 Å². The van der Waals surface area contributed by atoms with Gasteiger partial charge in [-0.25, -0.2) is 0 Å². The zero-order valence-electron chi connectivity index (χ0n) is 24.0. The van der Waals surface area contributed by atoms with Crippen molar-refractivity contribution in [2.45, 2.75) is 25.3 Å². The average Bonchev–Trinajstić information content (AvgIpc) is 3.27. The summed E-state index contributed by atoms with van der Waals surface area (Å²) < 4.78 is 0. The number of nitrogens with one attached hydrogen (secondary N) is 2. The molecule has 1 aromatic heterocycles. The molecule has 2 saturated heterocycles. The Kier molecular flexibility index (Phi) is 7.70. The average molecular weight is 597 g/mol. The molecule has 1 atom stereocenters. The zero-order valence-corrected chi connectivity index (χ0v) is 24.0. The van der Waals surface area contributed by atoms with E-state index < -0.39 is 23.8 Å². The molecule has 3 aliphatic heterocycles. The van der Waals surface area contributed by atoms with Crippen LogP contribution in [0.5, 0.6) is 5.75 Å². The van der Waals surface area contributed by atoms with Crippen molar-refractivity contribution in [3.63, 3.8) is 0 Å². The van der Waals surface area contributed by atoms with Crippen LogP contribution in [0.1, 0.15) is 40.0 Å². The summed E-state index contributed by atoms with van der Waals surface area (Å²) in [5, 5.41) is 23.9. The number of nitrogens with two attached hydrogens (primary N) is 1. The number of aromatic hydroxyl groups is 1. The van der Waals surface area contributed by atoms with Crippen LogP contribution in [0.4, 0.5) is 17.2 Å². The Balaban J connectivity index is 1.05. The largest absolute Gasteiger partial charge is 0.507 e. The van der Waals surface area contributed by atoms with Crippen molar-refractivity contribution in [3.8, 4) is 17.0 Å². The number of allylic oxidation sites excluding steroid dienone is 1. The topological polar surface area (TPSA) is 174 Å². The van der Waals surface area contributed by atoms with Gasteiger partial charge in [0.15, 0.2) is 5.82 Å². The van der Waals surface area contributed by atoms with E-state index in [-0.39, 0.29) is 34.9 Å². The summed E-state index contributed by atoms with van der Waals surface area (Å²) in [6.07, 6.45) is 0.944. The van der Waals surface area contributed by atoms with Crippen molar-refractivity contribution in [1.29, 1.82) is 0 Å². The predicted octanol–water partition coefficient (Wildman–Crippen LogP) is 1.97. The fourth-order valence-electron chi connectivity index (χ4n) is 5.85. The van der Waals surface area contributed by atoms with E-state index in [1.807, 2.05) is 12.1 Å². The van der Waals surface area contributed by atoms with E-state index in [9.17, 15) is 24.3 Å². The summed E-state index contributed by atoms with van der Waals surface area (Å²) in [5.74, 6) is -1.47. The number of piperidine rings is 1. The number of phenols is 1. The number of benzene rings is 2. The maximum Gasteiger partial charge on any atom is 0.264 e. The monoisotopic (exact) mass is 596 g/mol. The molecular weight excluding hydrogens is 564 g/mol. The molecule has 2 aromatic carbocycles. The Hall–Kier alpha value is -5.30. The fourth-order valence-corrected chi connectivity index (χ4v) is 5.85. The number of carbonyl (C=O) groups is 4. The summed E-state index contributed by atoms with van der Waals surface area (Å²) in [6, 6.07) is 12.5. The molecule has 0 aliphatic carbocycles. The number of hydrogen-bond donors (Lipinski definition) is 4. The second kappa shape index (κ2) is 11.8. The fraction of sp³-hybridized carbons (Fsp3) is 0.290. The van der Waals surface area contributed by atoms with E-state index in [4.69, 9.17) is 5.73 Å². The third kappa shape index (κ3) is 5.44. The van der Waals surface area contributed by atoms with Gasteiger partial charge in [0.1, 0.15) is 11.8 Å². The lowest BCUT2D eigenvalue weighted by Crippen LogP contribution is -2.51. The van der Waals surface area contributed by atoms with Crippen LogP contribution in [0.15, 0.2) is 60.8 Å². The minimum atomic E-state index is -0.925. The molecule has 6 rings (SSSR count). The molecule has 1 unspecified atom stereocenters. The van der Waals surface area contributed by atoms with Gasteiger partial charge in [0.05, 0.1) is 28.2 Å². The lowest BCUT2D eigenvalue weighted by Gasteiger charge is -2.36. The number of nitrogen functional groups attached to an aromatic ring is 1. The first kappa shape index (κ1) is 28.8. The smallest absolute Gasteiger partial charge is 0.264 e. The number of rotatable bonds is 7. The van der Waals surface area contributed by atoms with E-state index in [2.05, 4.69) is 37.2 Å². The number of fused-ring (bicyclic) bond motifs is 1. The molecule has 4 amide bonds. The Labute approximate surface area is 253 Å². The first-order chi connectivity index (χ1) is 21.2. The normalized spacial score (nSPS) is 18.8. The van der Waals surface area contributed by atoms with Gasteiger partial charge in [-0.15, -0.1) is 10.2 Å². The molecule has 3 aromatic rings. The number of carbonyl (C=O) groups excluding carboxylic acids is 4. The van der Waals surface area contributed by atoms with Gasteiger partial charge in [-0.1, -0.05) is 24.8 Å². The van der Waals surface area contributed by atoms with Gasteiger partial charge in [0, 0.05) is 50.4 Å². The Morgan fingerprint density at radius 2 is 1.77 bits per heavy atom. The maximum absolute atomic E-state index is 13.3. The van der Waals surface area contributed by atoms with Gasteiger partial charge >= 0.3 is 0 Å². The maximum atomic E-state index is 13.3. The Morgan fingerprint density at radius 1 is 1.02 bits per heavy atom. The predicted molar refractivity (Wildman–Crippen MR) is 163 cm³/mol. The van der Waals surface area contributed by atoms with Crippen LogP contribution in [-0.2, 0) is 9.59 Å². The number of aromatic nitrogens is 2. The number of anilines is 3. The van der Waals surface area contributed by atoms with E-state index >= 15 is 0 Å². The molecular formula is C31H32N8O5. The van der Waals surface area contributed by atoms with Crippen LogP contribution < -0.4 is 21.3 Å². The second-order valence-corrected chi connectivity index (χ2v) is 11.0. The van der Waals surface area contributed by atoms with Crippen molar-refractivity contribution in [1.82, 2.24) is 25.3 Å². The minimum absolute atomic E-state index is 0.100. The number of phenolic OH excluding ortho intramolecular Hbond substituents is 1. The summed E-state index contributed by atoms with van der Waals surface area (Å²) >= 11 is 0. The number of para-hydroxylation sites is 1. The summed E-state index contributed by atoms with van der Waals surface area (Å²) in [7, 11) is 0. The van der Waals surface area contributed by atoms with Crippen LogP contribution in [-0.4, -0.2) is 87.5 Å². The summed E-state index contributed by atoms with van der Waals surface area (Å²) in [4.78, 5) is 57.2. The number of nitrogens with zero attached hydrogens (tertiary/aromatic N) is 5. The molecule has 0 bridgehead atoms. The SMILES string of the molecule is C=C1CCC(N2C(=O)c3cccc(NC(=O)CCN4CCN(c5cc(-c6ccccc6O)nnc5N)CC4)c3C2=O)C(=O)N1. The zero-order chi connectivity index (χ0) is 31.0. The molecule has 0 saturated carbocycles. The number of piperazine rings is 1. The molecule has 0 radical (unpaired) electrons. The van der Waals surface area contributed by atoms with Gasteiger partial charge < -0.3 is 26.4 Å². The molecule has 2 fully saturated rings. The van der Waals surface area contributed by atoms with Gasteiger partial charge in [0.2, 0.25) is 11.8 Å². The highest BCUT2D eigenvalue weighted by atomic mass is 16.3. The first-order valence-electron chi connectivity index (χ1n) is 14.4. The molecule has 0 spiro atoms. The van der Waals surface area contributed by atoms with E-state index in [0.29, 0.717) is 68.3 Å². The third-order valence-corrected chi connectivity index (χ3v) is 8.20. The molecule has 3 aliphatic rings. The number of amides is 4. The standard InChI is InChI=1S/C31H32N8O5/c1-18-9-10-23(29(42)33-18)39-30(43)20-6-4-7-21(27(20)31(39)44)34-26(41)11-12-37-13-15-38(16-14-37)24-17-22(35-36-28(24)32)19-5-2-3-8-25(19)40/h2-8,17,23,40H,1,9-16H2,(H2,32,36)(H,33,42)(H,34,41). The van der Waals surface area contributed by atoms with Crippen LogP contribution in [0, 0.1) is 0 Å². The van der Waals surface area contributed by atoms with Gasteiger partial charge in [-0.3, -0.25) is 29.0 Å². The molecule has 13 nitrogen and oxygen atoms in total. The Morgan fingerprint density at radius 3 is 2.52 bits per heavy atom. The number of hydrogen-bond acceptors (Lipinski definition) is 10. The summed E-state index contributed by atoms with van der Waals surface area (Å²) in [6.45, 7) is 6.90. The van der Waals surface area contributed by atoms with Crippen molar-refractivity contribution in [2.24, 2.45) is 0 Å². The highest BCUT2D eigenvalue weighted by Crippen LogP contribution is 2.34. The molecule has 5 N–H and O–H groups in total. The highest BCUT2D eigenvalue weighted by molar-refractivity contribution is 6.25.